The van der Waals surface area contributed by atoms with Gasteiger partial charge in [0, 0.05) is 18.7 Å². The molecule has 0 aliphatic rings. The second-order valence-corrected chi connectivity index (χ2v) is 7.29. The Labute approximate surface area is 179 Å². The molecule has 0 saturated carbocycles. The predicted octanol–water partition coefficient (Wildman–Crippen LogP) is 4.27. The number of benzene rings is 3. The number of rotatable bonds is 7. The summed E-state index contributed by atoms with van der Waals surface area (Å²) in [5.74, 6) is -0.234. The van der Waals surface area contributed by atoms with Crippen LogP contribution in [0.4, 0.5) is 4.39 Å². The predicted molar refractivity (Wildman–Crippen MR) is 115 cm³/mol. The molecular formula is C24H22FN5O. The standard InChI is InChI=1S/C24H22FN5O/c1-18(30-27-23(26-28-30)21-13-8-14-22(25)15-21)24(31)29(16-19-9-4-2-5-10-19)17-20-11-6-3-7-12-20/h2-15,18H,16-17H2,1H3. The van der Waals surface area contributed by atoms with Crippen molar-refractivity contribution in [3.05, 3.63) is 102 Å². The van der Waals surface area contributed by atoms with Crippen molar-refractivity contribution < 1.29 is 9.18 Å². The third kappa shape index (κ3) is 5.01. The number of carbonyl (C=O) groups excluding carboxylic acids is 1. The molecular weight excluding hydrogens is 393 g/mol. The molecule has 1 atom stereocenters. The van der Waals surface area contributed by atoms with Gasteiger partial charge in [-0.05, 0) is 35.4 Å². The van der Waals surface area contributed by atoms with Crippen LogP contribution in [0.1, 0.15) is 24.1 Å². The first-order chi connectivity index (χ1) is 15.1. The Bertz CT molecular complexity index is 1110. The third-order valence-corrected chi connectivity index (χ3v) is 4.96. The van der Waals surface area contributed by atoms with E-state index in [0.29, 0.717) is 18.7 Å². The first kappa shape index (κ1) is 20.4. The summed E-state index contributed by atoms with van der Waals surface area (Å²) in [5.41, 5.74) is 2.58. The summed E-state index contributed by atoms with van der Waals surface area (Å²) in [6.45, 7) is 2.66. The lowest BCUT2D eigenvalue weighted by Crippen LogP contribution is -2.36. The molecule has 0 fully saturated rings. The molecule has 31 heavy (non-hydrogen) atoms. The van der Waals surface area contributed by atoms with Gasteiger partial charge in [-0.25, -0.2) is 4.39 Å². The van der Waals surface area contributed by atoms with E-state index in [1.807, 2.05) is 60.7 Å². The van der Waals surface area contributed by atoms with Crippen molar-refractivity contribution >= 4 is 5.91 Å². The fourth-order valence-corrected chi connectivity index (χ4v) is 3.31. The van der Waals surface area contributed by atoms with Crippen LogP contribution in [-0.4, -0.2) is 31.0 Å². The van der Waals surface area contributed by atoms with Gasteiger partial charge in [0.05, 0.1) is 0 Å². The molecule has 0 spiro atoms. The van der Waals surface area contributed by atoms with Crippen LogP contribution in [0.15, 0.2) is 84.9 Å². The normalized spacial score (nSPS) is 11.8. The summed E-state index contributed by atoms with van der Waals surface area (Å²) >= 11 is 0. The summed E-state index contributed by atoms with van der Waals surface area (Å²) in [5, 5.41) is 12.4. The number of halogens is 1. The van der Waals surface area contributed by atoms with E-state index in [1.165, 1.54) is 16.9 Å². The molecule has 1 heterocycles. The van der Waals surface area contributed by atoms with Crippen molar-refractivity contribution in [3.63, 3.8) is 0 Å². The topological polar surface area (TPSA) is 63.9 Å². The number of carbonyl (C=O) groups is 1. The van der Waals surface area contributed by atoms with Crippen LogP contribution in [0.25, 0.3) is 11.4 Å². The highest BCUT2D eigenvalue weighted by Crippen LogP contribution is 2.18. The maximum absolute atomic E-state index is 13.5. The average molecular weight is 415 g/mol. The van der Waals surface area contributed by atoms with E-state index >= 15 is 0 Å². The molecule has 0 N–H and O–H groups in total. The second kappa shape index (κ2) is 9.30. The monoisotopic (exact) mass is 415 g/mol. The van der Waals surface area contributed by atoms with Gasteiger partial charge in [-0.3, -0.25) is 4.79 Å². The Morgan fingerprint density at radius 1 is 0.935 bits per heavy atom. The molecule has 1 unspecified atom stereocenters. The van der Waals surface area contributed by atoms with Crippen molar-refractivity contribution in [2.45, 2.75) is 26.1 Å². The lowest BCUT2D eigenvalue weighted by molar-refractivity contribution is -0.136. The number of hydrogen-bond acceptors (Lipinski definition) is 4. The van der Waals surface area contributed by atoms with E-state index in [9.17, 15) is 9.18 Å². The molecule has 1 amide bonds. The van der Waals surface area contributed by atoms with Gasteiger partial charge in [-0.1, -0.05) is 72.8 Å². The van der Waals surface area contributed by atoms with Crippen LogP contribution in [0.5, 0.6) is 0 Å². The summed E-state index contributed by atoms with van der Waals surface area (Å²) in [6.07, 6.45) is 0. The Balaban J connectivity index is 1.57. The van der Waals surface area contributed by atoms with Crippen molar-refractivity contribution in [2.24, 2.45) is 0 Å². The van der Waals surface area contributed by atoms with Crippen molar-refractivity contribution in [1.29, 1.82) is 0 Å². The van der Waals surface area contributed by atoms with E-state index in [4.69, 9.17) is 0 Å². The fraction of sp³-hybridized carbons (Fsp3) is 0.167. The molecule has 0 bridgehead atoms. The van der Waals surface area contributed by atoms with E-state index < -0.39 is 6.04 Å². The summed E-state index contributed by atoms with van der Waals surface area (Å²) in [4.78, 5) is 16.5. The first-order valence-corrected chi connectivity index (χ1v) is 10.0. The van der Waals surface area contributed by atoms with Gasteiger partial charge in [0.15, 0.2) is 0 Å². The highest BCUT2D eigenvalue weighted by atomic mass is 19.1. The molecule has 0 saturated heterocycles. The maximum Gasteiger partial charge on any atom is 0.249 e. The lowest BCUT2D eigenvalue weighted by atomic mass is 10.1. The van der Waals surface area contributed by atoms with Crippen LogP contribution in [0.2, 0.25) is 0 Å². The molecule has 6 nitrogen and oxygen atoms in total. The Hall–Kier alpha value is -3.87. The minimum absolute atomic E-state index is 0.129. The smallest absolute Gasteiger partial charge is 0.249 e. The molecule has 1 aromatic heterocycles. The Kier molecular flexibility index (Phi) is 6.12. The van der Waals surface area contributed by atoms with E-state index in [1.54, 1.807) is 24.0 Å². The highest BCUT2D eigenvalue weighted by molar-refractivity contribution is 5.80. The van der Waals surface area contributed by atoms with Gasteiger partial charge < -0.3 is 4.90 Å². The van der Waals surface area contributed by atoms with Crippen molar-refractivity contribution in [2.75, 3.05) is 0 Å². The summed E-state index contributed by atoms with van der Waals surface area (Å²) in [7, 11) is 0. The van der Waals surface area contributed by atoms with Gasteiger partial charge in [-0.2, -0.15) is 4.80 Å². The molecule has 0 radical (unpaired) electrons. The fourth-order valence-electron chi connectivity index (χ4n) is 3.31. The zero-order chi connectivity index (χ0) is 21.6. The van der Waals surface area contributed by atoms with Crippen molar-refractivity contribution in [1.82, 2.24) is 25.1 Å². The molecule has 4 rings (SSSR count). The molecule has 156 valence electrons. The zero-order valence-electron chi connectivity index (χ0n) is 17.1. The molecule has 7 heteroatoms. The number of hydrogen-bond donors (Lipinski definition) is 0. The van der Waals surface area contributed by atoms with E-state index in [-0.39, 0.29) is 17.5 Å². The number of tetrazole rings is 1. The van der Waals surface area contributed by atoms with Crippen LogP contribution < -0.4 is 0 Å². The van der Waals surface area contributed by atoms with E-state index in [0.717, 1.165) is 11.1 Å². The SMILES string of the molecule is CC(C(=O)N(Cc1ccccc1)Cc1ccccc1)n1nnc(-c2cccc(F)c2)n1. The average Bonchev–Trinajstić information content (AvgIpc) is 3.29. The maximum atomic E-state index is 13.5. The Morgan fingerprint density at radius 3 is 2.13 bits per heavy atom. The zero-order valence-corrected chi connectivity index (χ0v) is 17.1. The van der Waals surface area contributed by atoms with E-state index in [2.05, 4.69) is 15.4 Å². The van der Waals surface area contributed by atoms with Gasteiger partial charge in [-0.15, -0.1) is 10.2 Å². The van der Waals surface area contributed by atoms with Crippen LogP contribution in [0.3, 0.4) is 0 Å². The molecule has 0 aliphatic carbocycles. The number of amides is 1. The minimum atomic E-state index is -0.665. The van der Waals surface area contributed by atoms with Gasteiger partial charge >= 0.3 is 0 Å². The van der Waals surface area contributed by atoms with Crippen molar-refractivity contribution in [3.8, 4) is 11.4 Å². The van der Waals surface area contributed by atoms with Gasteiger partial charge in [0.2, 0.25) is 11.7 Å². The van der Waals surface area contributed by atoms with Crippen LogP contribution in [0, 0.1) is 5.82 Å². The Morgan fingerprint density at radius 2 is 1.55 bits per heavy atom. The lowest BCUT2D eigenvalue weighted by Gasteiger charge is -2.25. The quantitative estimate of drug-likeness (QED) is 0.452. The summed E-state index contributed by atoms with van der Waals surface area (Å²) < 4.78 is 13.5. The minimum Gasteiger partial charge on any atom is -0.332 e. The number of aromatic nitrogens is 4. The van der Waals surface area contributed by atoms with Gasteiger partial charge in [0.1, 0.15) is 11.9 Å². The molecule has 3 aromatic carbocycles. The van der Waals surface area contributed by atoms with Crippen LogP contribution in [-0.2, 0) is 17.9 Å². The third-order valence-electron chi connectivity index (χ3n) is 4.96. The number of nitrogens with zero attached hydrogens (tertiary/aromatic N) is 5. The first-order valence-electron chi connectivity index (χ1n) is 10.0. The second-order valence-electron chi connectivity index (χ2n) is 7.29. The molecule has 4 aromatic rings. The largest absolute Gasteiger partial charge is 0.332 e. The summed E-state index contributed by atoms with van der Waals surface area (Å²) in [6, 6.07) is 25.0. The molecule has 0 aliphatic heterocycles. The highest BCUT2D eigenvalue weighted by Gasteiger charge is 2.25. The van der Waals surface area contributed by atoms with Gasteiger partial charge in [0.25, 0.3) is 0 Å². The van der Waals surface area contributed by atoms with Crippen LogP contribution >= 0.6 is 0 Å².